The number of nitrogens with zero attached hydrogens (tertiary/aromatic N) is 2. The monoisotopic (exact) mass is 447 g/mol. The smallest absolute Gasteiger partial charge is 0.231 e. The number of fused-ring (bicyclic) bond motifs is 2. The van der Waals surface area contributed by atoms with E-state index in [1.54, 1.807) is 0 Å². The Morgan fingerprint density at radius 1 is 1.03 bits per heavy atom. The zero-order valence-corrected chi connectivity index (χ0v) is 18.1. The van der Waals surface area contributed by atoms with Crippen molar-refractivity contribution in [3.8, 4) is 22.8 Å². The zero-order chi connectivity index (χ0) is 21.9. The molecule has 3 aromatic carbocycles. The van der Waals surface area contributed by atoms with E-state index in [0.717, 1.165) is 39.2 Å². The number of hydrogen-bond acceptors (Lipinski definition) is 4. The summed E-state index contributed by atoms with van der Waals surface area (Å²) in [6, 6.07) is 21.5. The number of ether oxygens (including phenoxy) is 2. The third-order valence-electron chi connectivity index (χ3n) is 5.46. The third-order valence-corrected chi connectivity index (χ3v) is 5.70. The van der Waals surface area contributed by atoms with Crippen LogP contribution in [0.25, 0.3) is 22.2 Å². The van der Waals surface area contributed by atoms with Crippen molar-refractivity contribution in [1.82, 2.24) is 15.1 Å². The van der Waals surface area contributed by atoms with Gasteiger partial charge in [-0.2, -0.15) is 5.10 Å². The van der Waals surface area contributed by atoms with Gasteiger partial charge in [0.2, 0.25) is 12.7 Å². The maximum atomic E-state index is 12.4. The van der Waals surface area contributed by atoms with Gasteiger partial charge in [0, 0.05) is 35.5 Å². The molecule has 0 atom stereocenters. The molecular formula is C25H22ClN3O3. The molecule has 7 heteroatoms. The number of carbonyl (C=O) groups excluding carboxylic acids is 1. The van der Waals surface area contributed by atoms with E-state index in [2.05, 4.69) is 5.32 Å². The number of carbonyl (C=O) groups is 1. The number of nitrogens with one attached hydrogen (secondary N) is 1. The van der Waals surface area contributed by atoms with Crippen LogP contribution in [0.15, 0.2) is 66.7 Å². The van der Waals surface area contributed by atoms with E-state index in [1.165, 1.54) is 0 Å². The molecule has 2 heterocycles. The summed E-state index contributed by atoms with van der Waals surface area (Å²) in [5.74, 6) is 1.46. The number of aryl methyl sites for hydroxylation is 1. The first-order valence-corrected chi connectivity index (χ1v) is 10.9. The molecule has 0 saturated heterocycles. The molecular weight excluding hydrogens is 426 g/mol. The van der Waals surface area contributed by atoms with Gasteiger partial charge >= 0.3 is 0 Å². The van der Waals surface area contributed by atoms with Crippen LogP contribution in [0, 0.1) is 0 Å². The molecule has 1 amide bonds. The molecule has 1 aliphatic rings. The summed E-state index contributed by atoms with van der Waals surface area (Å²) in [5, 5.41) is 9.48. The van der Waals surface area contributed by atoms with Gasteiger partial charge in [0.1, 0.15) is 5.69 Å². The standard InChI is InChI=1S/C25H22ClN3O3/c26-19-9-10-21-20(14-19)25(18-5-2-1-3-6-18)28-29(21)12-4-7-24(30)27-15-17-8-11-22-23(13-17)32-16-31-22/h1-3,5-6,8-11,13-14H,4,7,12,15-16H2,(H,27,30). The van der Waals surface area contributed by atoms with E-state index in [9.17, 15) is 4.79 Å². The van der Waals surface area contributed by atoms with E-state index < -0.39 is 0 Å². The summed E-state index contributed by atoms with van der Waals surface area (Å²) in [5.41, 5.74) is 3.93. The van der Waals surface area contributed by atoms with Gasteiger partial charge in [-0.25, -0.2) is 0 Å². The van der Waals surface area contributed by atoms with Crippen LogP contribution in [0.4, 0.5) is 0 Å². The Morgan fingerprint density at radius 2 is 1.88 bits per heavy atom. The number of hydrogen-bond donors (Lipinski definition) is 1. The third kappa shape index (κ3) is 4.27. The van der Waals surface area contributed by atoms with Gasteiger partial charge in [0.05, 0.1) is 5.52 Å². The number of amides is 1. The molecule has 0 spiro atoms. The van der Waals surface area contributed by atoms with E-state index in [1.807, 2.05) is 71.4 Å². The molecule has 1 N–H and O–H groups in total. The molecule has 0 unspecified atom stereocenters. The van der Waals surface area contributed by atoms with Crippen molar-refractivity contribution in [2.24, 2.45) is 0 Å². The Labute approximate surface area is 190 Å². The molecule has 162 valence electrons. The highest BCUT2D eigenvalue weighted by Crippen LogP contribution is 2.32. The summed E-state index contributed by atoms with van der Waals surface area (Å²) in [4.78, 5) is 12.4. The fraction of sp³-hybridized carbons (Fsp3) is 0.200. The molecule has 1 aromatic heterocycles. The van der Waals surface area contributed by atoms with Crippen molar-refractivity contribution in [3.63, 3.8) is 0 Å². The van der Waals surface area contributed by atoms with Gasteiger partial charge in [-0.1, -0.05) is 48.0 Å². The van der Waals surface area contributed by atoms with Gasteiger partial charge in [-0.15, -0.1) is 0 Å². The molecule has 4 aromatic rings. The second-order valence-electron chi connectivity index (χ2n) is 7.67. The minimum Gasteiger partial charge on any atom is -0.454 e. The maximum Gasteiger partial charge on any atom is 0.231 e. The van der Waals surface area contributed by atoms with Crippen molar-refractivity contribution >= 4 is 28.4 Å². The van der Waals surface area contributed by atoms with Crippen molar-refractivity contribution in [2.45, 2.75) is 25.9 Å². The van der Waals surface area contributed by atoms with Gasteiger partial charge in [-0.3, -0.25) is 9.48 Å². The van der Waals surface area contributed by atoms with E-state index in [0.29, 0.717) is 31.0 Å². The van der Waals surface area contributed by atoms with Crippen molar-refractivity contribution in [1.29, 1.82) is 0 Å². The first-order chi connectivity index (χ1) is 15.7. The molecule has 0 saturated carbocycles. The van der Waals surface area contributed by atoms with E-state index in [-0.39, 0.29) is 12.7 Å². The molecule has 0 fully saturated rings. The first kappa shape index (κ1) is 20.4. The van der Waals surface area contributed by atoms with Crippen molar-refractivity contribution in [3.05, 3.63) is 77.3 Å². The molecule has 6 nitrogen and oxygen atoms in total. The Kier molecular flexibility index (Phi) is 5.69. The molecule has 1 aliphatic heterocycles. The highest BCUT2D eigenvalue weighted by Gasteiger charge is 2.15. The average Bonchev–Trinajstić information content (AvgIpc) is 3.42. The summed E-state index contributed by atoms with van der Waals surface area (Å²) in [6.07, 6.45) is 1.10. The number of aromatic nitrogens is 2. The Bertz CT molecular complexity index is 1270. The SMILES string of the molecule is O=C(CCCn1nc(-c2ccccc2)c2cc(Cl)ccc21)NCc1ccc2c(c1)OCO2. The summed E-state index contributed by atoms with van der Waals surface area (Å²) in [7, 11) is 0. The van der Waals surface area contributed by atoms with Crippen molar-refractivity contribution < 1.29 is 14.3 Å². The van der Waals surface area contributed by atoms with Gasteiger partial charge < -0.3 is 14.8 Å². The quantitative estimate of drug-likeness (QED) is 0.424. The second-order valence-corrected chi connectivity index (χ2v) is 8.10. The van der Waals surface area contributed by atoms with Crippen LogP contribution in [0.5, 0.6) is 11.5 Å². The lowest BCUT2D eigenvalue weighted by atomic mass is 10.1. The molecule has 0 bridgehead atoms. The first-order valence-electron chi connectivity index (χ1n) is 10.5. The summed E-state index contributed by atoms with van der Waals surface area (Å²) in [6.45, 7) is 1.34. The lowest BCUT2D eigenvalue weighted by molar-refractivity contribution is -0.121. The molecule has 5 rings (SSSR count). The fourth-order valence-electron chi connectivity index (χ4n) is 3.86. The van der Waals surface area contributed by atoms with Crippen LogP contribution >= 0.6 is 11.6 Å². The predicted molar refractivity (Wildman–Crippen MR) is 124 cm³/mol. The zero-order valence-electron chi connectivity index (χ0n) is 17.4. The molecule has 0 aliphatic carbocycles. The Hall–Kier alpha value is -3.51. The average molecular weight is 448 g/mol. The lowest BCUT2D eigenvalue weighted by Gasteiger charge is -2.07. The molecule has 32 heavy (non-hydrogen) atoms. The maximum absolute atomic E-state index is 12.4. The van der Waals surface area contributed by atoms with Crippen LogP contribution in [0.1, 0.15) is 18.4 Å². The van der Waals surface area contributed by atoms with E-state index >= 15 is 0 Å². The van der Waals surface area contributed by atoms with Gasteiger partial charge in [-0.05, 0) is 42.3 Å². The Balaban J connectivity index is 1.22. The van der Waals surface area contributed by atoms with Gasteiger partial charge in [0.15, 0.2) is 11.5 Å². The minimum atomic E-state index is 0.00505. The number of halogens is 1. The van der Waals surface area contributed by atoms with Crippen LogP contribution in [0.3, 0.4) is 0 Å². The van der Waals surface area contributed by atoms with Crippen molar-refractivity contribution in [2.75, 3.05) is 6.79 Å². The van der Waals surface area contributed by atoms with Crippen LogP contribution < -0.4 is 14.8 Å². The second kappa shape index (κ2) is 8.93. The fourth-order valence-corrected chi connectivity index (χ4v) is 4.03. The topological polar surface area (TPSA) is 65.4 Å². The van der Waals surface area contributed by atoms with Crippen LogP contribution in [-0.2, 0) is 17.9 Å². The summed E-state index contributed by atoms with van der Waals surface area (Å²) < 4.78 is 12.7. The van der Waals surface area contributed by atoms with Crippen LogP contribution in [-0.4, -0.2) is 22.5 Å². The number of benzene rings is 3. The highest BCUT2D eigenvalue weighted by molar-refractivity contribution is 6.31. The Morgan fingerprint density at radius 3 is 2.75 bits per heavy atom. The lowest BCUT2D eigenvalue weighted by Crippen LogP contribution is -2.22. The summed E-state index contributed by atoms with van der Waals surface area (Å²) >= 11 is 6.24. The molecule has 0 radical (unpaired) electrons. The highest BCUT2D eigenvalue weighted by atomic mass is 35.5. The van der Waals surface area contributed by atoms with E-state index in [4.69, 9.17) is 26.2 Å². The normalized spacial score (nSPS) is 12.3. The predicted octanol–water partition coefficient (Wildman–Crippen LogP) is 5.18. The largest absolute Gasteiger partial charge is 0.454 e. The van der Waals surface area contributed by atoms with Crippen LogP contribution in [0.2, 0.25) is 5.02 Å². The number of rotatable bonds is 7. The minimum absolute atomic E-state index is 0.00505. The van der Waals surface area contributed by atoms with Gasteiger partial charge in [0.25, 0.3) is 0 Å².